The Kier molecular flexibility index (Phi) is 5.42. The molecule has 1 fully saturated rings. The van der Waals surface area contributed by atoms with Gasteiger partial charge in [0.15, 0.2) is 11.5 Å². The maximum absolute atomic E-state index is 12.8. The van der Waals surface area contributed by atoms with Crippen LogP contribution in [0.2, 0.25) is 0 Å². The molecular formula is C23H27NO4. The molecule has 0 radical (unpaired) electrons. The lowest BCUT2D eigenvalue weighted by Gasteiger charge is -2.44. The number of hydrogen-bond acceptors (Lipinski definition) is 4. The molecule has 2 aromatic rings. The third-order valence-electron chi connectivity index (χ3n) is 5.99. The molecule has 0 spiro atoms. The highest BCUT2D eigenvalue weighted by Gasteiger charge is 2.40. The molecule has 1 amide bonds. The highest BCUT2D eigenvalue weighted by Crippen LogP contribution is 2.46. The number of carbonyl (C=O) groups is 1. The molecule has 148 valence electrons. The number of piperidine rings is 1. The van der Waals surface area contributed by atoms with E-state index in [9.17, 15) is 4.79 Å². The largest absolute Gasteiger partial charge is 0.493 e. The molecular weight excluding hydrogens is 354 g/mol. The summed E-state index contributed by atoms with van der Waals surface area (Å²) in [6.07, 6.45) is 3.65. The van der Waals surface area contributed by atoms with Crippen molar-refractivity contribution in [3.05, 3.63) is 59.2 Å². The lowest BCUT2D eigenvalue weighted by molar-refractivity contribution is 0.0566. The van der Waals surface area contributed by atoms with Gasteiger partial charge in [0.1, 0.15) is 6.61 Å². The molecule has 4 rings (SSSR count). The van der Waals surface area contributed by atoms with Gasteiger partial charge in [-0.3, -0.25) is 0 Å². The molecule has 5 heteroatoms. The van der Waals surface area contributed by atoms with Gasteiger partial charge in [-0.05, 0) is 42.9 Å². The number of fused-ring (bicyclic) bond motifs is 3. The number of methoxy groups -OCH3 is 2. The number of ether oxygens (including phenoxy) is 3. The standard InChI is InChI=1S/C23H27NO4/c1-26-21-13-11-17-18-9-6-14-24(20(18)12-10-19(17)22(21)27-2)23(25)28-15-16-7-4-3-5-8-16/h3-5,7-8,11,13,18,20H,6,9-10,12,14-15H2,1-2H3/t18-,20-/m0/s1. The van der Waals surface area contributed by atoms with Crippen LogP contribution < -0.4 is 9.47 Å². The Labute approximate surface area is 166 Å². The van der Waals surface area contributed by atoms with Crippen LogP contribution in [0.4, 0.5) is 4.79 Å². The second-order valence-corrected chi connectivity index (χ2v) is 7.46. The van der Waals surface area contributed by atoms with Crippen LogP contribution in [0.1, 0.15) is 41.9 Å². The van der Waals surface area contributed by atoms with Gasteiger partial charge in [-0.25, -0.2) is 4.79 Å². The van der Waals surface area contributed by atoms with Crippen LogP contribution in [0.3, 0.4) is 0 Å². The topological polar surface area (TPSA) is 48.0 Å². The predicted molar refractivity (Wildman–Crippen MR) is 107 cm³/mol. The summed E-state index contributed by atoms with van der Waals surface area (Å²) >= 11 is 0. The van der Waals surface area contributed by atoms with Gasteiger partial charge < -0.3 is 19.1 Å². The number of nitrogens with zero attached hydrogens (tertiary/aromatic N) is 1. The number of likely N-dealkylation sites (tertiary alicyclic amines) is 1. The van der Waals surface area contributed by atoms with Crippen LogP contribution in [0.5, 0.6) is 11.5 Å². The van der Waals surface area contributed by atoms with Crippen LogP contribution in [0, 0.1) is 0 Å². The van der Waals surface area contributed by atoms with Gasteiger partial charge in [0.05, 0.1) is 14.2 Å². The predicted octanol–water partition coefficient (Wildman–Crippen LogP) is 4.53. The highest BCUT2D eigenvalue weighted by molar-refractivity contribution is 5.69. The maximum Gasteiger partial charge on any atom is 0.410 e. The minimum atomic E-state index is -0.206. The number of rotatable bonds is 4. The number of hydrogen-bond donors (Lipinski definition) is 0. The summed E-state index contributed by atoms with van der Waals surface area (Å²) in [7, 11) is 3.36. The molecule has 1 saturated heterocycles. The average molecular weight is 381 g/mol. The summed E-state index contributed by atoms with van der Waals surface area (Å²) in [6.45, 7) is 1.08. The molecule has 2 aromatic carbocycles. The van der Waals surface area contributed by atoms with Crippen molar-refractivity contribution in [2.24, 2.45) is 0 Å². The van der Waals surface area contributed by atoms with E-state index in [1.54, 1.807) is 14.2 Å². The Bertz CT molecular complexity index is 836. The van der Waals surface area contributed by atoms with Crippen molar-refractivity contribution >= 4 is 6.09 Å². The summed E-state index contributed by atoms with van der Waals surface area (Å²) in [6, 6.07) is 14.1. The van der Waals surface area contributed by atoms with E-state index in [4.69, 9.17) is 14.2 Å². The van der Waals surface area contributed by atoms with Crippen LogP contribution in [-0.4, -0.2) is 37.8 Å². The van der Waals surface area contributed by atoms with Gasteiger partial charge in [-0.15, -0.1) is 0 Å². The van der Waals surface area contributed by atoms with E-state index >= 15 is 0 Å². The van der Waals surface area contributed by atoms with Gasteiger partial charge in [-0.2, -0.15) is 0 Å². The monoisotopic (exact) mass is 381 g/mol. The van der Waals surface area contributed by atoms with Gasteiger partial charge >= 0.3 is 6.09 Å². The quantitative estimate of drug-likeness (QED) is 0.780. The first kappa shape index (κ1) is 18.7. The lowest BCUT2D eigenvalue weighted by Crippen LogP contribution is -2.49. The number of carbonyl (C=O) groups excluding carboxylic acids is 1. The second kappa shape index (κ2) is 8.13. The van der Waals surface area contributed by atoms with Crippen molar-refractivity contribution in [1.29, 1.82) is 0 Å². The Hall–Kier alpha value is -2.69. The Balaban J connectivity index is 1.52. The van der Waals surface area contributed by atoms with E-state index in [1.165, 1.54) is 11.1 Å². The van der Waals surface area contributed by atoms with Crippen LogP contribution in [0.25, 0.3) is 0 Å². The van der Waals surface area contributed by atoms with Crippen molar-refractivity contribution in [3.8, 4) is 11.5 Å². The van der Waals surface area contributed by atoms with E-state index in [0.29, 0.717) is 12.5 Å². The second-order valence-electron chi connectivity index (χ2n) is 7.46. The maximum atomic E-state index is 12.8. The van der Waals surface area contributed by atoms with Gasteiger partial charge in [-0.1, -0.05) is 36.4 Å². The summed E-state index contributed by atoms with van der Waals surface area (Å²) in [4.78, 5) is 14.8. The Morgan fingerprint density at radius 2 is 1.89 bits per heavy atom. The molecule has 1 aliphatic carbocycles. The van der Waals surface area contributed by atoms with Crippen molar-refractivity contribution in [2.45, 2.75) is 44.2 Å². The third-order valence-corrected chi connectivity index (χ3v) is 5.99. The van der Waals surface area contributed by atoms with E-state index in [0.717, 1.165) is 49.3 Å². The zero-order valence-electron chi connectivity index (χ0n) is 16.5. The summed E-state index contributed by atoms with van der Waals surface area (Å²) < 4.78 is 16.7. The molecule has 28 heavy (non-hydrogen) atoms. The first-order valence-electron chi connectivity index (χ1n) is 9.94. The summed E-state index contributed by atoms with van der Waals surface area (Å²) in [5.74, 6) is 1.93. The fourth-order valence-corrected chi connectivity index (χ4v) is 4.71. The van der Waals surface area contributed by atoms with Crippen molar-refractivity contribution in [2.75, 3.05) is 20.8 Å². The minimum Gasteiger partial charge on any atom is -0.493 e. The molecule has 0 aromatic heterocycles. The normalized spacial score (nSPS) is 20.7. The molecule has 0 bridgehead atoms. The highest BCUT2D eigenvalue weighted by atomic mass is 16.6. The van der Waals surface area contributed by atoms with Crippen molar-refractivity contribution < 1.29 is 19.0 Å². The van der Waals surface area contributed by atoms with Gasteiger partial charge in [0.2, 0.25) is 0 Å². The van der Waals surface area contributed by atoms with E-state index in [2.05, 4.69) is 6.07 Å². The molecule has 0 saturated carbocycles. The minimum absolute atomic E-state index is 0.183. The molecule has 2 aliphatic rings. The van der Waals surface area contributed by atoms with Crippen molar-refractivity contribution in [1.82, 2.24) is 4.90 Å². The van der Waals surface area contributed by atoms with Crippen LogP contribution >= 0.6 is 0 Å². The fourth-order valence-electron chi connectivity index (χ4n) is 4.71. The van der Waals surface area contributed by atoms with Gasteiger partial charge in [0.25, 0.3) is 0 Å². The first-order chi connectivity index (χ1) is 13.7. The first-order valence-corrected chi connectivity index (χ1v) is 9.94. The smallest absolute Gasteiger partial charge is 0.410 e. The van der Waals surface area contributed by atoms with Crippen molar-refractivity contribution in [3.63, 3.8) is 0 Å². The number of amides is 1. The summed E-state index contributed by atoms with van der Waals surface area (Å²) in [5, 5.41) is 0. The number of benzene rings is 2. The molecule has 1 heterocycles. The summed E-state index contributed by atoms with van der Waals surface area (Å²) in [5.41, 5.74) is 3.52. The lowest BCUT2D eigenvalue weighted by atomic mass is 9.74. The molecule has 0 unspecified atom stereocenters. The zero-order valence-corrected chi connectivity index (χ0v) is 16.5. The van der Waals surface area contributed by atoms with Crippen LogP contribution in [-0.2, 0) is 17.8 Å². The fraction of sp³-hybridized carbons (Fsp3) is 0.435. The Morgan fingerprint density at radius 3 is 2.64 bits per heavy atom. The molecule has 1 aliphatic heterocycles. The van der Waals surface area contributed by atoms with E-state index in [1.807, 2.05) is 41.3 Å². The zero-order chi connectivity index (χ0) is 19.5. The van der Waals surface area contributed by atoms with E-state index < -0.39 is 0 Å². The molecule has 2 atom stereocenters. The average Bonchev–Trinajstić information content (AvgIpc) is 2.76. The Morgan fingerprint density at radius 1 is 1.07 bits per heavy atom. The van der Waals surface area contributed by atoms with Gasteiger partial charge in [0, 0.05) is 24.1 Å². The molecule has 5 nitrogen and oxygen atoms in total. The molecule has 0 N–H and O–H groups in total. The van der Waals surface area contributed by atoms with Crippen LogP contribution in [0.15, 0.2) is 42.5 Å². The third kappa shape index (κ3) is 3.41. The SMILES string of the molecule is COc1ccc2c(c1OC)CC[C@H]1[C@H]2CCCN1C(=O)OCc1ccccc1. The van der Waals surface area contributed by atoms with E-state index in [-0.39, 0.29) is 12.1 Å².